The van der Waals surface area contributed by atoms with Crippen LogP contribution in [-0.4, -0.2) is 67.3 Å². The fourth-order valence-electron chi connectivity index (χ4n) is 3.64. The molecule has 1 N–H and O–H groups in total. The molecule has 0 aliphatic carbocycles. The van der Waals surface area contributed by atoms with Crippen LogP contribution in [0.15, 0.2) is 22.9 Å². The van der Waals surface area contributed by atoms with Crippen LogP contribution in [0.2, 0.25) is 0 Å². The summed E-state index contributed by atoms with van der Waals surface area (Å²) in [6, 6.07) is 3.60. The molecule has 0 amide bonds. The van der Waals surface area contributed by atoms with Gasteiger partial charge in [0.15, 0.2) is 9.84 Å². The van der Waals surface area contributed by atoms with Crippen molar-refractivity contribution in [2.45, 2.75) is 25.6 Å². The summed E-state index contributed by atoms with van der Waals surface area (Å²) in [4.78, 5) is 13.0. The zero-order valence-electron chi connectivity index (χ0n) is 14.8. The first-order valence-corrected chi connectivity index (χ1v) is 10.4. The van der Waals surface area contributed by atoms with Gasteiger partial charge in [0.25, 0.3) is 0 Å². The van der Waals surface area contributed by atoms with E-state index in [0.717, 1.165) is 30.4 Å². The number of fused-ring (bicyclic) bond motifs is 1. The highest BCUT2D eigenvalue weighted by atomic mass is 32.2. The van der Waals surface area contributed by atoms with Crippen molar-refractivity contribution in [3.8, 4) is 0 Å². The summed E-state index contributed by atoms with van der Waals surface area (Å²) in [6.07, 6.45) is 1.71. The monoisotopic (exact) mass is 378 g/mol. The van der Waals surface area contributed by atoms with Crippen molar-refractivity contribution in [3.63, 3.8) is 0 Å². The fourth-order valence-corrected chi connectivity index (χ4v) is 5.60. The molecule has 10 heteroatoms. The van der Waals surface area contributed by atoms with Gasteiger partial charge in [-0.2, -0.15) is 4.98 Å². The summed E-state index contributed by atoms with van der Waals surface area (Å²) in [5, 5.41) is 7.31. The Kier molecular flexibility index (Phi) is 4.31. The summed E-state index contributed by atoms with van der Waals surface area (Å²) >= 11 is 0. The number of piperazine rings is 1. The average molecular weight is 378 g/mol. The molecule has 0 radical (unpaired) electrons. The molecular formula is C16H22N6O3S. The van der Waals surface area contributed by atoms with Gasteiger partial charge < -0.3 is 19.6 Å². The molecule has 2 atom stereocenters. The Bertz CT molecular complexity index is 899. The zero-order valence-corrected chi connectivity index (χ0v) is 15.6. The fraction of sp³-hybridized carbons (Fsp3) is 0.562. The van der Waals surface area contributed by atoms with Crippen LogP contribution < -0.4 is 15.1 Å². The summed E-state index contributed by atoms with van der Waals surface area (Å²) < 4.78 is 29.2. The van der Waals surface area contributed by atoms with Crippen molar-refractivity contribution >= 4 is 21.6 Å². The molecule has 2 aliphatic rings. The Morgan fingerprint density at radius 2 is 2.27 bits per heavy atom. The van der Waals surface area contributed by atoms with E-state index in [1.165, 1.54) is 0 Å². The van der Waals surface area contributed by atoms with Crippen LogP contribution in [0.5, 0.6) is 0 Å². The number of hydrogen-bond donors (Lipinski definition) is 1. The number of rotatable bonds is 4. The quantitative estimate of drug-likeness (QED) is 0.786. The van der Waals surface area contributed by atoms with Crippen molar-refractivity contribution in [1.82, 2.24) is 20.4 Å². The molecule has 140 valence electrons. The first kappa shape index (κ1) is 17.2. The van der Waals surface area contributed by atoms with Crippen molar-refractivity contribution in [1.29, 1.82) is 0 Å². The maximum absolute atomic E-state index is 12.0. The van der Waals surface area contributed by atoms with Gasteiger partial charge in [0.05, 0.1) is 24.1 Å². The molecule has 0 aromatic carbocycles. The lowest BCUT2D eigenvalue weighted by atomic mass is 10.1. The molecule has 9 nitrogen and oxygen atoms in total. The Hall–Kier alpha value is -2.20. The standard InChI is InChI=1S/C16H22N6O3S/c1-11-7-12(20-25-11)8-21(2)16-18-4-3-15(19-16)22-6-5-17-13-9-26(23,24)10-14(13)22/h3-4,7,13-14,17H,5-6,8-10H2,1-2H3/t13-,14+/m1/s1. The topological polar surface area (TPSA) is 104 Å². The molecule has 2 saturated heterocycles. The third-order valence-electron chi connectivity index (χ3n) is 4.82. The smallest absolute Gasteiger partial charge is 0.227 e. The minimum atomic E-state index is -3.01. The van der Waals surface area contributed by atoms with E-state index in [2.05, 4.69) is 25.3 Å². The SMILES string of the molecule is Cc1cc(CN(C)c2nccc(N3CCN[C@@H]4CS(=O)(=O)C[C@@H]43)n2)no1. The minimum Gasteiger partial charge on any atom is -0.361 e. The maximum Gasteiger partial charge on any atom is 0.227 e. The van der Waals surface area contributed by atoms with E-state index in [4.69, 9.17) is 4.52 Å². The third-order valence-corrected chi connectivity index (χ3v) is 6.54. The summed E-state index contributed by atoms with van der Waals surface area (Å²) in [5.74, 6) is 2.44. The lowest BCUT2D eigenvalue weighted by Crippen LogP contribution is -2.57. The van der Waals surface area contributed by atoms with Crippen LogP contribution in [-0.2, 0) is 16.4 Å². The molecule has 2 aromatic rings. The first-order valence-electron chi connectivity index (χ1n) is 8.58. The van der Waals surface area contributed by atoms with E-state index in [1.807, 2.05) is 31.0 Å². The van der Waals surface area contributed by atoms with Gasteiger partial charge in [-0.25, -0.2) is 13.4 Å². The van der Waals surface area contributed by atoms with Gasteiger partial charge in [-0.3, -0.25) is 0 Å². The van der Waals surface area contributed by atoms with E-state index in [9.17, 15) is 8.42 Å². The molecule has 4 heterocycles. The molecule has 0 bridgehead atoms. The van der Waals surface area contributed by atoms with Gasteiger partial charge in [0.2, 0.25) is 5.95 Å². The molecule has 26 heavy (non-hydrogen) atoms. The van der Waals surface area contributed by atoms with Gasteiger partial charge >= 0.3 is 0 Å². The third kappa shape index (κ3) is 3.38. The Balaban J connectivity index is 1.55. The molecule has 2 aromatic heterocycles. The van der Waals surface area contributed by atoms with Crippen molar-refractivity contribution < 1.29 is 12.9 Å². The van der Waals surface area contributed by atoms with E-state index < -0.39 is 9.84 Å². The summed E-state index contributed by atoms with van der Waals surface area (Å²) in [6.45, 7) is 3.84. The van der Waals surface area contributed by atoms with Crippen molar-refractivity contribution in [2.75, 3.05) is 41.4 Å². The highest BCUT2D eigenvalue weighted by Crippen LogP contribution is 2.26. The number of hydrogen-bond acceptors (Lipinski definition) is 9. The molecule has 0 unspecified atom stereocenters. The predicted octanol–water partition coefficient (Wildman–Crippen LogP) is -0.0154. The Morgan fingerprint density at radius 3 is 3.04 bits per heavy atom. The Labute approximate surface area is 152 Å². The predicted molar refractivity (Wildman–Crippen MR) is 97.0 cm³/mol. The maximum atomic E-state index is 12.0. The Morgan fingerprint density at radius 1 is 1.42 bits per heavy atom. The minimum absolute atomic E-state index is 0.0389. The van der Waals surface area contributed by atoms with Crippen molar-refractivity contribution in [3.05, 3.63) is 29.8 Å². The molecule has 2 fully saturated rings. The normalized spacial score (nSPS) is 24.5. The molecule has 0 saturated carbocycles. The van der Waals surface area contributed by atoms with Crippen LogP contribution in [0, 0.1) is 6.92 Å². The van der Waals surface area contributed by atoms with Gasteiger partial charge in [0, 0.05) is 38.4 Å². The second-order valence-corrected chi connectivity index (χ2v) is 9.05. The summed E-state index contributed by atoms with van der Waals surface area (Å²) in [5.41, 5.74) is 0.808. The second kappa shape index (κ2) is 6.51. The largest absolute Gasteiger partial charge is 0.361 e. The lowest BCUT2D eigenvalue weighted by Gasteiger charge is -2.38. The highest BCUT2D eigenvalue weighted by Gasteiger charge is 2.43. The lowest BCUT2D eigenvalue weighted by molar-refractivity contribution is 0.390. The number of nitrogens with zero attached hydrogens (tertiary/aromatic N) is 5. The molecule has 2 aliphatic heterocycles. The van der Waals surface area contributed by atoms with Gasteiger partial charge in [0.1, 0.15) is 17.3 Å². The van der Waals surface area contributed by atoms with Crippen LogP contribution >= 0.6 is 0 Å². The first-order chi connectivity index (χ1) is 12.4. The number of aromatic nitrogens is 3. The van der Waals surface area contributed by atoms with E-state index in [-0.39, 0.29) is 23.6 Å². The number of anilines is 2. The molecule has 0 spiro atoms. The van der Waals surface area contributed by atoms with Crippen LogP contribution in [0.25, 0.3) is 0 Å². The van der Waals surface area contributed by atoms with Crippen LogP contribution in [0.4, 0.5) is 11.8 Å². The average Bonchev–Trinajstić information content (AvgIpc) is 3.15. The number of sulfone groups is 1. The number of aryl methyl sites for hydroxylation is 1. The highest BCUT2D eigenvalue weighted by molar-refractivity contribution is 7.91. The van der Waals surface area contributed by atoms with E-state index >= 15 is 0 Å². The zero-order chi connectivity index (χ0) is 18.3. The van der Waals surface area contributed by atoms with E-state index in [1.54, 1.807) is 6.20 Å². The van der Waals surface area contributed by atoms with Gasteiger partial charge in [-0.05, 0) is 13.0 Å². The van der Waals surface area contributed by atoms with Gasteiger partial charge in [-0.15, -0.1) is 0 Å². The number of nitrogens with one attached hydrogen (secondary N) is 1. The molecular weight excluding hydrogens is 356 g/mol. The second-order valence-electron chi connectivity index (χ2n) is 6.90. The van der Waals surface area contributed by atoms with Crippen LogP contribution in [0.3, 0.4) is 0 Å². The van der Waals surface area contributed by atoms with Crippen molar-refractivity contribution in [2.24, 2.45) is 0 Å². The summed E-state index contributed by atoms with van der Waals surface area (Å²) in [7, 11) is -1.12. The molecule has 4 rings (SSSR count). The van der Waals surface area contributed by atoms with Crippen LogP contribution in [0.1, 0.15) is 11.5 Å². The van der Waals surface area contributed by atoms with E-state index in [0.29, 0.717) is 12.5 Å². The van der Waals surface area contributed by atoms with Gasteiger partial charge in [-0.1, -0.05) is 5.16 Å².